The van der Waals surface area contributed by atoms with E-state index in [1.165, 1.54) is 6.08 Å². The van der Waals surface area contributed by atoms with E-state index >= 15 is 0 Å². The van der Waals surface area contributed by atoms with Crippen LogP contribution in [0, 0.1) is 0 Å². The van der Waals surface area contributed by atoms with E-state index in [2.05, 4.69) is 5.32 Å². The fourth-order valence-corrected chi connectivity index (χ4v) is 2.41. The van der Waals surface area contributed by atoms with Gasteiger partial charge in [0.2, 0.25) is 12.7 Å². The third-order valence-electron chi connectivity index (χ3n) is 3.83. The average molecular weight is 325 g/mol. The van der Waals surface area contributed by atoms with Crippen LogP contribution < -0.4 is 14.8 Å². The zero-order chi connectivity index (χ0) is 17.0. The van der Waals surface area contributed by atoms with Gasteiger partial charge in [0.25, 0.3) is 0 Å². The van der Waals surface area contributed by atoms with Gasteiger partial charge in [0.15, 0.2) is 11.5 Å². The van der Waals surface area contributed by atoms with Crippen molar-refractivity contribution >= 4 is 12.0 Å². The van der Waals surface area contributed by atoms with E-state index in [9.17, 15) is 9.90 Å². The smallest absolute Gasteiger partial charge is 0.244 e. The van der Waals surface area contributed by atoms with Gasteiger partial charge >= 0.3 is 0 Å². The normalized spacial score (nSPS) is 15.2. The summed E-state index contributed by atoms with van der Waals surface area (Å²) in [5.74, 6) is 1.10. The number of amides is 1. The van der Waals surface area contributed by atoms with Crippen LogP contribution in [0.5, 0.6) is 11.5 Å². The quantitative estimate of drug-likeness (QED) is 0.829. The highest BCUT2D eigenvalue weighted by Gasteiger charge is 2.22. The molecule has 1 atom stereocenters. The summed E-state index contributed by atoms with van der Waals surface area (Å²) >= 11 is 0. The fraction of sp³-hybridized carbons (Fsp3) is 0.211. The Morgan fingerprint density at radius 1 is 1.21 bits per heavy atom. The van der Waals surface area contributed by atoms with Gasteiger partial charge in [0, 0.05) is 6.08 Å². The number of fused-ring (bicyclic) bond motifs is 1. The molecular weight excluding hydrogens is 306 g/mol. The number of rotatable bonds is 5. The number of carbonyl (C=O) groups excluding carboxylic acids is 1. The molecule has 24 heavy (non-hydrogen) atoms. The maximum absolute atomic E-state index is 12.0. The Labute approximate surface area is 140 Å². The molecule has 0 bridgehead atoms. The fourth-order valence-electron chi connectivity index (χ4n) is 2.41. The number of hydrogen-bond acceptors (Lipinski definition) is 4. The van der Waals surface area contributed by atoms with Gasteiger partial charge in [-0.05, 0) is 36.3 Å². The third kappa shape index (κ3) is 3.75. The third-order valence-corrected chi connectivity index (χ3v) is 3.83. The summed E-state index contributed by atoms with van der Waals surface area (Å²) in [6.07, 6.45) is 3.12. The van der Waals surface area contributed by atoms with Crippen molar-refractivity contribution in [3.63, 3.8) is 0 Å². The predicted molar refractivity (Wildman–Crippen MR) is 90.6 cm³/mol. The molecule has 0 fully saturated rings. The van der Waals surface area contributed by atoms with Crippen LogP contribution in [0.3, 0.4) is 0 Å². The predicted octanol–water partition coefficient (Wildman–Crippen LogP) is 2.45. The Morgan fingerprint density at radius 3 is 2.75 bits per heavy atom. The summed E-state index contributed by atoms with van der Waals surface area (Å²) in [5, 5.41) is 13.2. The molecule has 1 aliphatic heterocycles. The SMILES string of the molecule is CC(O)(CNC(=O)/C=C/c1ccc2c(c1)OCO2)c1ccccc1. The van der Waals surface area contributed by atoms with Crippen molar-refractivity contribution in [2.24, 2.45) is 0 Å². The summed E-state index contributed by atoms with van der Waals surface area (Å²) in [6.45, 7) is 2.02. The topological polar surface area (TPSA) is 67.8 Å². The van der Waals surface area contributed by atoms with Crippen LogP contribution in [-0.2, 0) is 10.4 Å². The Morgan fingerprint density at radius 2 is 1.96 bits per heavy atom. The van der Waals surface area contributed by atoms with Crippen molar-refractivity contribution in [3.8, 4) is 11.5 Å². The van der Waals surface area contributed by atoms with Gasteiger partial charge in [-0.3, -0.25) is 4.79 Å². The van der Waals surface area contributed by atoms with Crippen molar-refractivity contribution < 1.29 is 19.4 Å². The second-order valence-electron chi connectivity index (χ2n) is 5.80. The number of aliphatic hydroxyl groups is 1. The molecule has 5 nitrogen and oxygen atoms in total. The van der Waals surface area contributed by atoms with Gasteiger partial charge in [0.05, 0.1) is 6.54 Å². The molecule has 0 saturated heterocycles. The average Bonchev–Trinajstić information content (AvgIpc) is 3.07. The Hall–Kier alpha value is -2.79. The van der Waals surface area contributed by atoms with Gasteiger partial charge in [-0.25, -0.2) is 0 Å². The minimum atomic E-state index is -1.12. The summed E-state index contributed by atoms with van der Waals surface area (Å²) in [5.41, 5.74) is 0.470. The van der Waals surface area contributed by atoms with E-state index in [1.807, 2.05) is 42.5 Å². The first-order valence-electron chi connectivity index (χ1n) is 7.68. The van der Waals surface area contributed by atoms with Crippen molar-refractivity contribution in [1.82, 2.24) is 5.32 Å². The monoisotopic (exact) mass is 325 g/mol. The molecule has 0 saturated carbocycles. The summed E-state index contributed by atoms with van der Waals surface area (Å²) < 4.78 is 10.5. The molecule has 2 aromatic carbocycles. The molecule has 1 amide bonds. The maximum Gasteiger partial charge on any atom is 0.244 e. The molecule has 0 aliphatic carbocycles. The molecule has 0 radical (unpaired) electrons. The first kappa shape index (κ1) is 16.1. The van der Waals surface area contributed by atoms with Gasteiger partial charge in [-0.2, -0.15) is 0 Å². The highest BCUT2D eigenvalue weighted by Crippen LogP contribution is 2.32. The minimum absolute atomic E-state index is 0.126. The number of benzene rings is 2. The van der Waals surface area contributed by atoms with E-state index in [4.69, 9.17) is 9.47 Å². The summed E-state index contributed by atoms with van der Waals surface area (Å²) in [4.78, 5) is 12.0. The van der Waals surface area contributed by atoms with Crippen molar-refractivity contribution in [2.75, 3.05) is 13.3 Å². The van der Waals surface area contributed by atoms with Crippen LogP contribution in [0.4, 0.5) is 0 Å². The first-order valence-corrected chi connectivity index (χ1v) is 7.68. The van der Waals surface area contributed by atoms with Crippen LogP contribution in [0.25, 0.3) is 6.08 Å². The van der Waals surface area contributed by atoms with Crippen molar-refractivity contribution in [1.29, 1.82) is 0 Å². The molecule has 1 aliphatic rings. The van der Waals surface area contributed by atoms with E-state index < -0.39 is 5.60 Å². The molecule has 1 heterocycles. The lowest BCUT2D eigenvalue weighted by Gasteiger charge is -2.23. The van der Waals surface area contributed by atoms with Gasteiger partial charge in [0.1, 0.15) is 5.60 Å². The molecular formula is C19H19NO4. The van der Waals surface area contributed by atoms with Gasteiger partial charge in [-0.1, -0.05) is 36.4 Å². The minimum Gasteiger partial charge on any atom is -0.454 e. The van der Waals surface area contributed by atoms with Crippen molar-refractivity contribution in [3.05, 3.63) is 65.7 Å². The largest absolute Gasteiger partial charge is 0.454 e. The number of ether oxygens (including phenoxy) is 2. The van der Waals surface area contributed by atoms with Gasteiger partial charge < -0.3 is 19.9 Å². The first-order chi connectivity index (χ1) is 11.5. The molecule has 3 rings (SSSR count). The molecule has 124 valence electrons. The second kappa shape index (κ2) is 6.76. The van der Waals surface area contributed by atoms with E-state index in [1.54, 1.807) is 19.1 Å². The van der Waals surface area contributed by atoms with Crippen LogP contribution in [0.1, 0.15) is 18.1 Å². The number of carbonyl (C=O) groups is 1. The molecule has 5 heteroatoms. The Balaban J connectivity index is 1.57. The molecule has 0 aromatic heterocycles. The van der Waals surface area contributed by atoms with Gasteiger partial charge in [-0.15, -0.1) is 0 Å². The number of nitrogens with one attached hydrogen (secondary N) is 1. The van der Waals surface area contributed by atoms with Crippen molar-refractivity contribution in [2.45, 2.75) is 12.5 Å². The van der Waals surface area contributed by atoms with Crippen LogP contribution in [0.15, 0.2) is 54.6 Å². The highest BCUT2D eigenvalue weighted by atomic mass is 16.7. The number of hydrogen-bond donors (Lipinski definition) is 2. The van der Waals surface area contributed by atoms with Crippen LogP contribution >= 0.6 is 0 Å². The maximum atomic E-state index is 12.0. The molecule has 2 aromatic rings. The summed E-state index contributed by atoms with van der Waals surface area (Å²) in [6, 6.07) is 14.7. The van der Waals surface area contributed by atoms with E-state index in [-0.39, 0.29) is 19.2 Å². The summed E-state index contributed by atoms with van der Waals surface area (Å²) in [7, 11) is 0. The van der Waals surface area contributed by atoms with E-state index in [0.717, 1.165) is 11.1 Å². The Kier molecular flexibility index (Phi) is 4.53. The Bertz CT molecular complexity index is 753. The molecule has 2 N–H and O–H groups in total. The molecule has 0 spiro atoms. The highest BCUT2D eigenvalue weighted by molar-refractivity contribution is 5.91. The standard InChI is InChI=1S/C19H19NO4/c1-19(22,15-5-3-2-4-6-15)12-20-18(21)10-8-14-7-9-16-17(11-14)24-13-23-16/h2-11,22H,12-13H2,1H3,(H,20,21)/b10-8+. The lowest BCUT2D eigenvalue weighted by Crippen LogP contribution is -2.37. The zero-order valence-corrected chi connectivity index (χ0v) is 13.4. The second-order valence-corrected chi connectivity index (χ2v) is 5.80. The molecule has 1 unspecified atom stereocenters. The zero-order valence-electron chi connectivity index (χ0n) is 13.4. The van der Waals surface area contributed by atoms with Crippen LogP contribution in [0.2, 0.25) is 0 Å². The lowest BCUT2D eigenvalue weighted by molar-refractivity contribution is -0.117. The van der Waals surface area contributed by atoms with Crippen LogP contribution in [-0.4, -0.2) is 24.4 Å². The lowest BCUT2D eigenvalue weighted by atomic mass is 9.96. The van der Waals surface area contributed by atoms with E-state index in [0.29, 0.717) is 11.5 Å².